The summed E-state index contributed by atoms with van der Waals surface area (Å²) in [7, 11) is 0. The molecule has 1 heterocycles. The molecule has 0 fully saturated rings. The van der Waals surface area contributed by atoms with E-state index in [4.69, 9.17) is 9.15 Å². The third-order valence-electron chi connectivity index (χ3n) is 7.46. The van der Waals surface area contributed by atoms with Crippen LogP contribution in [0.2, 0.25) is 0 Å². The zero-order valence-electron chi connectivity index (χ0n) is 25.6. The van der Waals surface area contributed by atoms with Crippen LogP contribution in [0.25, 0.3) is 11.5 Å². The number of aryl methyl sites for hydroxylation is 1. The number of carboxylic acids is 1. The van der Waals surface area contributed by atoms with Gasteiger partial charge < -0.3 is 19.6 Å². The number of carboxylic acid groups (broad SMARTS) is 1. The van der Waals surface area contributed by atoms with Crippen LogP contribution in [-0.4, -0.2) is 34.5 Å². The summed E-state index contributed by atoms with van der Waals surface area (Å²) in [5.74, 6) is 0.966. The Morgan fingerprint density at radius 3 is 2.30 bits per heavy atom. The number of ketones is 1. The van der Waals surface area contributed by atoms with E-state index in [2.05, 4.69) is 17.2 Å². The SMILES string of the molecule is CCCCCCC/C(=C/C(=O)c1ccccc1)N[C@@H](Cc1ccc(OCCc2nc(-c3ccccc3)oc2C)cc1)C(=O)O. The lowest BCUT2D eigenvalue weighted by Gasteiger charge is -2.19. The molecule has 230 valence electrons. The van der Waals surface area contributed by atoms with Gasteiger partial charge in [0.25, 0.3) is 0 Å². The summed E-state index contributed by atoms with van der Waals surface area (Å²) in [6, 6.07) is 25.4. The first-order valence-corrected chi connectivity index (χ1v) is 15.5. The molecule has 0 saturated carbocycles. The normalized spacial score (nSPS) is 12.1. The number of carbonyl (C=O) groups excluding carboxylic acids is 1. The Hall–Kier alpha value is -4.65. The van der Waals surface area contributed by atoms with Crippen LogP contribution >= 0.6 is 0 Å². The predicted molar refractivity (Wildman–Crippen MR) is 173 cm³/mol. The van der Waals surface area contributed by atoms with Gasteiger partial charge in [0.2, 0.25) is 5.89 Å². The maximum absolute atomic E-state index is 12.9. The number of nitrogens with zero attached hydrogens (tertiary/aromatic N) is 1. The minimum absolute atomic E-state index is 0.135. The molecular weight excluding hydrogens is 552 g/mol. The van der Waals surface area contributed by atoms with Gasteiger partial charge in [-0.15, -0.1) is 0 Å². The lowest BCUT2D eigenvalue weighted by molar-refractivity contribution is -0.139. The molecule has 0 aliphatic heterocycles. The van der Waals surface area contributed by atoms with Crippen LogP contribution < -0.4 is 10.1 Å². The third-order valence-corrected chi connectivity index (χ3v) is 7.46. The lowest BCUT2D eigenvalue weighted by atomic mass is 10.0. The number of oxazole rings is 1. The van der Waals surface area contributed by atoms with Gasteiger partial charge in [0, 0.05) is 35.7 Å². The number of hydrogen-bond donors (Lipinski definition) is 2. The lowest BCUT2D eigenvalue weighted by Crippen LogP contribution is -2.38. The highest BCUT2D eigenvalue weighted by molar-refractivity contribution is 6.04. The molecule has 0 spiro atoms. The summed E-state index contributed by atoms with van der Waals surface area (Å²) in [6.07, 6.45) is 8.42. The van der Waals surface area contributed by atoms with E-state index in [1.165, 1.54) is 6.42 Å². The number of ether oxygens (including phenoxy) is 1. The van der Waals surface area contributed by atoms with E-state index >= 15 is 0 Å². The molecule has 0 amide bonds. The summed E-state index contributed by atoms with van der Waals surface area (Å²) < 4.78 is 11.8. The molecule has 2 N–H and O–H groups in total. The summed E-state index contributed by atoms with van der Waals surface area (Å²) >= 11 is 0. The fourth-order valence-corrected chi connectivity index (χ4v) is 4.96. The smallest absolute Gasteiger partial charge is 0.326 e. The number of aromatic nitrogens is 1. The van der Waals surface area contributed by atoms with E-state index in [1.54, 1.807) is 18.2 Å². The first-order chi connectivity index (χ1) is 21.4. The molecule has 0 unspecified atom stereocenters. The van der Waals surface area contributed by atoms with Crippen molar-refractivity contribution in [3.05, 3.63) is 119 Å². The summed E-state index contributed by atoms with van der Waals surface area (Å²) in [4.78, 5) is 29.8. The van der Waals surface area contributed by atoms with Crippen molar-refractivity contribution in [2.75, 3.05) is 6.61 Å². The van der Waals surface area contributed by atoms with Gasteiger partial charge in [0.1, 0.15) is 17.6 Å². The Labute approximate surface area is 260 Å². The van der Waals surface area contributed by atoms with Gasteiger partial charge in [0.15, 0.2) is 5.78 Å². The van der Waals surface area contributed by atoms with Crippen molar-refractivity contribution < 1.29 is 23.8 Å². The average molecular weight is 595 g/mol. The fourth-order valence-electron chi connectivity index (χ4n) is 4.96. The number of nitrogens with one attached hydrogen (secondary N) is 1. The van der Waals surface area contributed by atoms with E-state index in [-0.39, 0.29) is 12.2 Å². The molecule has 0 saturated heterocycles. The number of carbonyl (C=O) groups is 2. The Morgan fingerprint density at radius 2 is 1.61 bits per heavy atom. The highest BCUT2D eigenvalue weighted by atomic mass is 16.5. The Kier molecular flexibility index (Phi) is 12.4. The minimum Gasteiger partial charge on any atom is -0.493 e. The Morgan fingerprint density at radius 1 is 0.932 bits per heavy atom. The molecule has 0 aliphatic rings. The molecular formula is C37H42N2O5. The van der Waals surface area contributed by atoms with E-state index in [0.717, 1.165) is 48.3 Å². The molecule has 0 radical (unpaired) electrons. The average Bonchev–Trinajstić information content (AvgIpc) is 3.42. The van der Waals surface area contributed by atoms with Crippen LogP contribution in [0, 0.1) is 6.92 Å². The van der Waals surface area contributed by atoms with Gasteiger partial charge in [-0.1, -0.05) is 93.3 Å². The number of unbranched alkanes of at least 4 members (excludes halogenated alkanes) is 4. The first-order valence-electron chi connectivity index (χ1n) is 15.5. The highest BCUT2D eigenvalue weighted by Gasteiger charge is 2.20. The Bertz CT molecular complexity index is 1490. The molecule has 44 heavy (non-hydrogen) atoms. The molecule has 1 aromatic heterocycles. The monoisotopic (exact) mass is 594 g/mol. The second kappa shape index (κ2) is 16.8. The largest absolute Gasteiger partial charge is 0.493 e. The van der Waals surface area contributed by atoms with Crippen molar-refractivity contribution in [2.24, 2.45) is 0 Å². The number of benzene rings is 3. The van der Waals surface area contributed by atoms with Crippen LogP contribution in [0.5, 0.6) is 5.75 Å². The van der Waals surface area contributed by atoms with Gasteiger partial charge in [-0.05, 0) is 49.6 Å². The summed E-state index contributed by atoms with van der Waals surface area (Å²) in [5.41, 5.74) is 3.88. The maximum atomic E-state index is 12.9. The van der Waals surface area contributed by atoms with E-state index in [9.17, 15) is 14.7 Å². The van der Waals surface area contributed by atoms with Crippen molar-refractivity contribution in [1.82, 2.24) is 10.3 Å². The number of allylic oxidation sites excluding steroid dienone is 2. The molecule has 4 rings (SSSR count). The molecule has 0 bridgehead atoms. The topological polar surface area (TPSA) is 102 Å². The van der Waals surface area contributed by atoms with Gasteiger partial charge in [-0.25, -0.2) is 9.78 Å². The maximum Gasteiger partial charge on any atom is 0.326 e. The number of hydrogen-bond acceptors (Lipinski definition) is 6. The van der Waals surface area contributed by atoms with Crippen LogP contribution in [-0.2, 0) is 17.6 Å². The number of aliphatic carboxylic acids is 1. The molecule has 4 aromatic rings. The van der Waals surface area contributed by atoms with Crippen molar-refractivity contribution in [2.45, 2.75) is 71.3 Å². The zero-order valence-corrected chi connectivity index (χ0v) is 25.6. The molecule has 7 heteroatoms. The summed E-state index contributed by atoms with van der Waals surface area (Å²) in [5, 5.41) is 13.2. The molecule has 1 atom stereocenters. The molecule has 0 aliphatic carbocycles. The predicted octanol–water partition coefficient (Wildman–Crippen LogP) is 7.98. The quantitative estimate of drug-likeness (QED) is 0.0684. The third kappa shape index (κ3) is 9.97. The molecule has 3 aromatic carbocycles. The van der Waals surface area contributed by atoms with Crippen LogP contribution in [0.15, 0.2) is 101 Å². The van der Waals surface area contributed by atoms with Crippen LogP contribution in [0.4, 0.5) is 0 Å². The van der Waals surface area contributed by atoms with E-state index in [1.807, 2.05) is 79.7 Å². The van der Waals surface area contributed by atoms with Gasteiger partial charge in [0.05, 0.1) is 12.3 Å². The van der Waals surface area contributed by atoms with Gasteiger partial charge in [-0.3, -0.25) is 4.79 Å². The van der Waals surface area contributed by atoms with Crippen LogP contribution in [0.3, 0.4) is 0 Å². The summed E-state index contributed by atoms with van der Waals surface area (Å²) in [6.45, 7) is 4.51. The van der Waals surface area contributed by atoms with Crippen LogP contribution in [0.1, 0.15) is 72.8 Å². The zero-order chi connectivity index (χ0) is 31.1. The Balaban J connectivity index is 1.34. The standard InChI is InChI=1S/C37H42N2O5/c1-3-4-5-6-13-18-31(26-35(40)29-14-9-7-10-15-29)38-34(37(41)42)25-28-19-21-32(22-20-28)43-24-23-33-27(2)44-36(39-33)30-16-11-8-12-17-30/h7-12,14-17,19-22,26,34,38H,3-6,13,18,23-25H2,1-2H3,(H,41,42)/b31-26-/t34-/m0/s1. The van der Waals surface area contributed by atoms with Gasteiger partial charge >= 0.3 is 5.97 Å². The highest BCUT2D eigenvalue weighted by Crippen LogP contribution is 2.22. The number of rotatable bonds is 18. The van der Waals surface area contributed by atoms with Crippen molar-refractivity contribution in [1.29, 1.82) is 0 Å². The van der Waals surface area contributed by atoms with Crippen molar-refractivity contribution in [3.63, 3.8) is 0 Å². The van der Waals surface area contributed by atoms with E-state index in [0.29, 0.717) is 42.3 Å². The fraction of sp³-hybridized carbons (Fsp3) is 0.324. The van der Waals surface area contributed by atoms with E-state index < -0.39 is 12.0 Å². The molecule has 7 nitrogen and oxygen atoms in total. The minimum atomic E-state index is -0.966. The van der Waals surface area contributed by atoms with Crippen molar-refractivity contribution >= 4 is 11.8 Å². The van der Waals surface area contributed by atoms with Gasteiger partial charge in [-0.2, -0.15) is 0 Å². The van der Waals surface area contributed by atoms with Crippen molar-refractivity contribution in [3.8, 4) is 17.2 Å². The second-order valence-corrected chi connectivity index (χ2v) is 10.9. The first kappa shape index (κ1) is 32.3. The second-order valence-electron chi connectivity index (χ2n) is 10.9.